The quantitative estimate of drug-likeness (QED) is 0.519. The Balaban J connectivity index is 2.11. The van der Waals surface area contributed by atoms with Crippen LogP contribution >= 0.6 is 23.4 Å². The van der Waals surface area contributed by atoms with Crippen molar-refractivity contribution in [3.05, 3.63) is 0 Å². The zero-order chi connectivity index (χ0) is 8.81. The van der Waals surface area contributed by atoms with Crippen molar-refractivity contribution in [2.45, 2.75) is 24.6 Å². The normalized spacial score (nSPS) is 30.5. The van der Waals surface area contributed by atoms with Gasteiger partial charge in [-0.05, 0) is 37.2 Å². The molecule has 0 aromatic rings. The van der Waals surface area contributed by atoms with Gasteiger partial charge >= 0.3 is 0 Å². The summed E-state index contributed by atoms with van der Waals surface area (Å²) in [5, 5.41) is 0.362. The van der Waals surface area contributed by atoms with E-state index < -0.39 is 0 Å². The molecule has 2 unspecified atom stereocenters. The fraction of sp³-hybridized carbons (Fsp3) is 1.00. The van der Waals surface area contributed by atoms with Gasteiger partial charge in [-0.25, -0.2) is 0 Å². The molecular weight excluding hydrogens is 192 g/mol. The molecule has 0 spiro atoms. The van der Waals surface area contributed by atoms with Gasteiger partial charge < -0.3 is 4.74 Å². The van der Waals surface area contributed by atoms with Gasteiger partial charge in [0.25, 0.3) is 0 Å². The molecule has 0 aromatic heterocycles. The van der Waals surface area contributed by atoms with E-state index in [1.807, 2.05) is 11.8 Å². The van der Waals surface area contributed by atoms with Gasteiger partial charge in [0, 0.05) is 12.0 Å². The summed E-state index contributed by atoms with van der Waals surface area (Å²) in [5.41, 5.74) is 0. The summed E-state index contributed by atoms with van der Waals surface area (Å²) in [6.07, 6.45) is 5.69. The molecule has 0 N–H and O–H groups in total. The highest BCUT2D eigenvalue weighted by Crippen LogP contribution is 2.24. The molecule has 72 valence electrons. The van der Waals surface area contributed by atoms with Crippen LogP contribution in [0.4, 0.5) is 0 Å². The fourth-order valence-corrected chi connectivity index (χ4v) is 2.27. The number of halogens is 1. The van der Waals surface area contributed by atoms with Gasteiger partial charge in [0.2, 0.25) is 0 Å². The Morgan fingerprint density at radius 2 is 2.42 bits per heavy atom. The van der Waals surface area contributed by atoms with Crippen molar-refractivity contribution >= 4 is 23.4 Å². The van der Waals surface area contributed by atoms with E-state index in [1.54, 1.807) is 0 Å². The Bertz CT molecular complexity index is 121. The van der Waals surface area contributed by atoms with Crippen molar-refractivity contribution in [2.24, 2.45) is 5.92 Å². The van der Waals surface area contributed by atoms with Crippen molar-refractivity contribution in [1.29, 1.82) is 0 Å². The third-order valence-electron chi connectivity index (χ3n) is 2.30. The van der Waals surface area contributed by atoms with E-state index in [0.29, 0.717) is 11.3 Å². The van der Waals surface area contributed by atoms with Crippen LogP contribution in [0.1, 0.15) is 19.3 Å². The van der Waals surface area contributed by atoms with E-state index in [9.17, 15) is 0 Å². The molecule has 1 aliphatic heterocycles. The van der Waals surface area contributed by atoms with Crippen LogP contribution in [0.5, 0.6) is 0 Å². The molecule has 2 atom stereocenters. The molecule has 12 heavy (non-hydrogen) atoms. The minimum Gasteiger partial charge on any atom is -0.381 e. The first kappa shape index (κ1) is 10.7. The fourth-order valence-electron chi connectivity index (χ4n) is 1.52. The van der Waals surface area contributed by atoms with E-state index in [4.69, 9.17) is 16.3 Å². The van der Waals surface area contributed by atoms with Crippen molar-refractivity contribution in [2.75, 3.05) is 25.2 Å². The van der Waals surface area contributed by atoms with Gasteiger partial charge in [0.05, 0.1) is 6.61 Å². The van der Waals surface area contributed by atoms with Crippen molar-refractivity contribution in [1.82, 2.24) is 0 Å². The first-order valence-corrected chi connectivity index (χ1v) is 6.38. The summed E-state index contributed by atoms with van der Waals surface area (Å²) in [5.74, 6) is 1.85. The third-order valence-corrected chi connectivity index (χ3v) is 3.58. The summed E-state index contributed by atoms with van der Waals surface area (Å²) < 4.78 is 5.39. The van der Waals surface area contributed by atoms with Crippen LogP contribution in [0.15, 0.2) is 0 Å². The van der Waals surface area contributed by atoms with Crippen molar-refractivity contribution in [3.63, 3.8) is 0 Å². The van der Waals surface area contributed by atoms with Crippen molar-refractivity contribution < 1.29 is 4.74 Å². The number of hydrogen-bond donors (Lipinski definition) is 0. The highest BCUT2D eigenvalue weighted by molar-refractivity contribution is 7.98. The molecular formula is C9H17ClOS. The summed E-state index contributed by atoms with van der Waals surface area (Å²) in [4.78, 5) is 0. The summed E-state index contributed by atoms with van der Waals surface area (Å²) >= 11 is 8.08. The molecule has 1 rings (SSSR count). The number of rotatable bonds is 4. The molecule has 0 saturated carbocycles. The van der Waals surface area contributed by atoms with E-state index in [1.165, 1.54) is 18.6 Å². The largest absolute Gasteiger partial charge is 0.381 e. The highest BCUT2D eigenvalue weighted by atomic mass is 35.5. The zero-order valence-corrected chi connectivity index (χ0v) is 9.16. The average molecular weight is 209 g/mol. The number of hydrogen-bond acceptors (Lipinski definition) is 2. The van der Waals surface area contributed by atoms with E-state index >= 15 is 0 Å². The van der Waals surface area contributed by atoms with Crippen LogP contribution in [0.25, 0.3) is 0 Å². The van der Waals surface area contributed by atoms with E-state index in [0.717, 1.165) is 19.6 Å². The average Bonchev–Trinajstić information content (AvgIpc) is 2.09. The second-order valence-electron chi connectivity index (χ2n) is 3.27. The third kappa shape index (κ3) is 3.55. The standard InChI is InChI=1S/C9H17ClOS/c1-12-6-2-3-8-7-11-5-4-9(8)10/h8-9H,2-7H2,1H3. The predicted octanol–water partition coefficient (Wildman–Crippen LogP) is 2.77. The first-order chi connectivity index (χ1) is 5.84. The summed E-state index contributed by atoms with van der Waals surface area (Å²) in [7, 11) is 0. The van der Waals surface area contributed by atoms with Gasteiger partial charge in [0.15, 0.2) is 0 Å². The SMILES string of the molecule is CSCCCC1COCCC1Cl. The lowest BCUT2D eigenvalue weighted by atomic mass is 9.97. The van der Waals surface area contributed by atoms with Gasteiger partial charge in [-0.1, -0.05) is 0 Å². The summed E-state index contributed by atoms with van der Waals surface area (Å²) in [6, 6.07) is 0. The molecule has 0 amide bonds. The molecule has 3 heteroatoms. The highest BCUT2D eigenvalue weighted by Gasteiger charge is 2.22. The lowest BCUT2D eigenvalue weighted by Crippen LogP contribution is -2.28. The van der Waals surface area contributed by atoms with E-state index in [2.05, 4.69) is 6.26 Å². The van der Waals surface area contributed by atoms with E-state index in [-0.39, 0.29) is 0 Å². The molecule has 0 aliphatic carbocycles. The minimum atomic E-state index is 0.362. The Morgan fingerprint density at radius 1 is 1.58 bits per heavy atom. The zero-order valence-electron chi connectivity index (χ0n) is 7.59. The van der Waals surface area contributed by atoms with Gasteiger partial charge in [-0.3, -0.25) is 0 Å². The monoisotopic (exact) mass is 208 g/mol. The molecule has 0 aromatic carbocycles. The molecule has 0 radical (unpaired) electrons. The Labute approximate surface area is 84.2 Å². The maximum Gasteiger partial charge on any atom is 0.0508 e. The summed E-state index contributed by atoms with van der Waals surface area (Å²) in [6.45, 7) is 1.73. The second kappa shape index (κ2) is 6.11. The van der Waals surface area contributed by atoms with Crippen LogP contribution in [0.3, 0.4) is 0 Å². The minimum absolute atomic E-state index is 0.362. The van der Waals surface area contributed by atoms with Crippen LogP contribution in [-0.4, -0.2) is 30.6 Å². The van der Waals surface area contributed by atoms with Crippen LogP contribution in [0.2, 0.25) is 0 Å². The molecule has 1 aliphatic rings. The molecule has 1 heterocycles. The molecule has 1 saturated heterocycles. The predicted molar refractivity (Wildman–Crippen MR) is 56.2 cm³/mol. The first-order valence-electron chi connectivity index (χ1n) is 4.55. The van der Waals surface area contributed by atoms with Crippen LogP contribution in [-0.2, 0) is 4.74 Å². The topological polar surface area (TPSA) is 9.23 Å². The van der Waals surface area contributed by atoms with Crippen LogP contribution < -0.4 is 0 Å². The molecule has 1 fully saturated rings. The Morgan fingerprint density at radius 3 is 3.08 bits per heavy atom. The number of thioether (sulfide) groups is 1. The Hall–Kier alpha value is 0.600. The lowest BCUT2D eigenvalue weighted by molar-refractivity contribution is 0.0544. The smallest absolute Gasteiger partial charge is 0.0508 e. The maximum atomic E-state index is 6.17. The lowest BCUT2D eigenvalue weighted by Gasteiger charge is -2.26. The number of ether oxygens (including phenoxy) is 1. The van der Waals surface area contributed by atoms with Gasteiger partial charge in [-0.2, -0.15) is 11.8 Å². The maximum absolute atomic E-state index is 6.17. The Kier molecular flexibility index (Phi) is 5.44. The second-order valence-corrected chi connectivity index (χ2v) is 4.82. The number of alkyl halides is 1. The van der Waals surface area contributed by atoms with Crippen LogP contribution in [0, 0.1) is 5.92 Å². The van der Waals surface area contributed by atoms with Gasteiger partial charge in [-0.15, -0.1) is 11.6 Å². The molecule has 1 nitrogen and oxygen atoms in total. The van der Waals surface area contributed by atoms with Gasteiger partial charge in [0.1, 0.15) is 0 Å². The van der Waals surface area contributed by atoms with Crippen molar-refractivity contribution in [3.8, 4) is 0 Å². The molecule has 0 bridgehead atoms.